The van der Waals surface area contributed by atoms with Gasteiger partial charge in [0.2, 0.25) is 0 Å². The van der Waals surface area contributed by atoms with Gasteiger partial charge in [-0.1, -0.05) is 31.2 Å². The predicted octanol–water partition coefficient (Wildman–Crippen LogP) is 2.87. The van der Waals surface area contributed by atoms with E-state index in [0.29, 0.717) is 23.5 Å². The minimum absolute atomic E-state index is 0.274. The number of hydrogen-bond acceptors (Lipinski definition) is 2. The van der Waals surface area contributed by atoms with Crippen LogP contribution in [0.2, 0.25) is 0 Å². The van der Waals surface area contributed by atoms with E-state index in [0.717, 1.165) is 42.9 Å². The molecule has 1 aliphatic rings. The number of benzene rings is 1. The lowest BCUT2D eigenvalue weighted by Crippen LogP contribution is -2.35. The van der Waals surface area contributed by atoms with Gasteiger partial charge in [-0.25, -0.2) is 4.39 Å². The van der Waals surface area contributed by atoms with Gasteiger partial charge in [0.25, 0.3) is 0 Å². The Labute approximate surface area is 154 Å². The number of nitrogens with zero attached hydrogens (tertiary/aromatic N) is 3. The second-order valence-corrected chi connectivity index (χ2v) is 6.75. The zero-order valence-electron chi connectivity index (χ0n) is 15.6. The highest BCUT2D eigenvalue weighted by molar-refractivity contribution is 5.96. The van der Waals surface area contributed by atoms with E-state index in [1.54, 1.807) is 6.07 Å². The summed E-state index contributed by atoms with van der Waals surface area (Å²) >= 11 is 0. The van der Waals surface area contributed by atoms with E-state index in [9.17, 15) is 4.39 Å². The Kier molecular flexibility index (Phi) is 5.86. The molecule has 5 heteroatoms. The molecule has 2 heterocycles. The summed E-state index contributed by atoms with van der Waals surface area (Å²) in [6.45, 7) is 6.24. The molecular formula is C21H27FN4. The minimum atomic E-state index is -0.274. The average Bonchev–Trinajstić information content (AvgIpc) is 3.05. The van der Waals surface area contributed by atoms with Crippen LogP contribution in [0.15, 0.2) is 24.4 Å². The normalized spacial score (nSPS) is 16.3. The smallest absolute Gasteiger partial charge is 0.129 e. The summed E-state index contributed by atoms with van der Waals surface area (Å²) < 4.78 is 16.5. The predicted molar refractivity (Wildman–Crippen MR) is 104 cm³/mol. The van der Waals surface area contributed by atoms with Crippen molar-refractivity contribution in [3.63, 3.8) is 0 Å². The first kappa shape index (κ1) is 18.4. The van der Waals surface area contributed by atoms with Crippen molar-refractivity contribution in [3.05, 3.63) is 51.9 Å². The SMILES string of the molecule is C/C=c1/cnn(Cc2ccc(C(=N)N3CCCCC3)cc2F)/c1=C/CC. The molecular weight excluding hydrogens is 327 g/mol. The maximum absolute atomic E-state index is 14.7. The number of piperidine rings is 1. The van der Waals surface area contributed by atoms with Crippen molar-refractivity contribution < 1.29 is 4.39 Å². The molecule has 0 aliphatic carbocycles. The van der Waals surface area contributed by atoms with E-state index in [2.05, 4.69) is 18.1 Å². The van der Waals surface area contributed by atoms with Crippen molar-refractivity contribution >= 4 is 18.0 Å². The molecule has 1 fully saturated rings. The van der Waals surface area contributed by atoms with Gasteiger partial charge >= 0.3 is 0 Å². The van der Waals surface area contributed by atoms with E-state index < -0.39 is 0 Å². The van der Waals surface area contributed by atoms with Crippen LogP contribution in [0.1, 0.15) is 50.7 Å². The zero-order chi connectivity index (χ0) is 18.5. The summed E-state index contributed by atoms with van der Waals surface area (Å²) in [7, 11) is 0. The van der Waals surface area contributed by atoms with Crippen LogP contribution >= 0.6 is 0 Å². The largest absolute Gasteiger partial charge is 0.357 e. The summed E-state index contributed by atoms with van der Waals surface area (Å²) in [5.41, 5.74) is 1.24. The van der Waals surface area contributed by atoms with Gasteiger partial charge in [-0.15, -0.1) is 0 Å². The van der Waals surface area contributed by atoms with Gasteiger partial charge in [-0.2, -0.15) is 5.10 Å². The van der Waals surface area contributed by atoms with Crippen molar-refractivity contribution in [2.24, 2.45) is 0 Å². The zero-order valence-corrected chi connectivity index (χ0v) is 15.6. The third-order valence-electron chi connectivity index (χ3n) is 4.94. The minimum Gasteiger partial charge on any atom is -0.357 e. The Morgan fingerprint density at radius 3 is 2.69 bits per heavy atom. The highest BCUT2D eigenvalue weighted by Crippen LogP contribution is 2.16. The number of nitrogens with one attached hydrogen (secondary N) is 1. The highest BCUT2D eigenvalue weighted by Gasteiger charge is 2.16. The standard InChI is InChI=1S/C21H27FN4/c1-3-8-20-16(4-2)14-24-26(20)15-18-10-9-17(13-19(18)22)21(23)25-11-6-5-7-12-25/h4,8-10,13-14,23H,3,5-7,11-12,15H2,1-2H3/b16-4-,20-8+,23-21?. The topological polar surface area (TPSA) is 44.9 Å². The Morgan fingerprint density at radius 1 is 1.27 bits per heavy atom. The summed E-state index contributed by atoms with van der Waals surface area (Å²) in [6, 6.07) is 5.14. The Morgan fingerprint density at radius 2 is 2.04 bits per heavy atom. The van der Waals surface area contributed by atoms with Gasteiger partial charge in [0.05, 0.1) is 18.1 Å². The molecule has 0 saturated carbocycles. The van der Waals surface area contributed by atoms with Crippen LogP contribution in [0.3, 0.4) is 0 Å². The molecule has 0 radical (unpaired) electrons. The molecule has 0 atom stereocenters. The number of aromatic nitrogens is 2. The molecule has 0 spiro atoms. The van der Waals surface area contributed by atoms with Gasteiger partial charge in [0, 0.05) is 29.4 Å². The summed E-state index contributed by atoms with van der Waals surface area (Å²) in [5, 5.41) is 14.9. The lowest BCUT2D eigenvalue weighted by molar-refractivity contribution is 0.341. The van der Waals surface area contributed by atoms with Crippen LogP contribution < -0.4 is 10.6 Å². The van der Waals surface area contributed by atoms with E-state index in [4.69, 9.17) is 5.41 Å². The molecule has 4 nitrogen and oxygen atoms in total. The Bertz CT molecular complexity index is 891. The first-order chi connectivity index (χ1) is 12.6. The fraction of sp³-hybridized carbons (Fsp3) is 0.429. The molecule has 26 heavy (non-hydrogen) atoms. The van der Waals surface area contributed by atoms with Crippen molar-refractivity contribution in [1.82, 2.24) is 14.7 Å². The molecule has 1 saturated heterocycles. The average molecular weight is 354 g/mol. The summed E-state index contributed by atoms with van der Waals surface area (Å²) in [6.07, 6.45) is 10.3. The number of likely N-dealkylation sites (tertiary alicyclic amines) is 1. The molecule has 1 aliphatic heterocycles. The molecule has 2 aromatic rings. The molecule has 138 valence electrons. The quantitative estimate of drug-likeness (QED) is 0.678. The number of hydrogen-bond donors (Lipinski definition) is 1. The first-order valence-electron chi connectivity index (χ1n) is 9.44. The molecule has 0 bridgehead atoms. The maximum Gasteiger partial charge on any atom is 0.129 e. The van der Waals surface area contributed by atoms with Crippen LogP contribution in [0.4, 0.5) is 4.39 Å². The maximum atomic E-state index is 14.7. The molecule has 3 rings (SSSR count). The second kappa shape index (κ2) is 8.30. The molecule has 0 unspecified atom stereocenters. The van der Waals surface area contributed by atoms with Crippen molar-refractivity contribution in [1.29, 1.82) is 5.41 Å². The fourth-order valence-electron chi connectivity index (χ4n) is 3.46. The lowest BCUT2D eigenvalue weighted by Gasteiger charge is -2.29. The van der Waals surface area contributed by atoms with Crippen LogP contribution in [0.5, 0.6) is 0 Å². The number of rotatable bonds is 4. The van der Waals surface area contributed by atoms with Crippen LogP contribution in [0, 0.1) is 11.2 Å². The van der Waals surface area contributed by atoms with E-state index in [-0.39, 0.29) is 5.82 Å². The van der Waals surface area contributed by atoms with E-state index in [1.165, 1.54) is 12.5 Å². The third-order valence-corrected chi connectivity index (χ3v) is 4.94. The highest BCUT2D eigenvalue weighted by atomic mass is 19.1. The van der Waals surface area contributed by atoms with Gasteiger partial charge in [-0.05, 0) is 38.7 Å². The Balaban J connectivity index is 1.84. The summed E-state index contributed by atoms with van der Waals surface area (Å²) in [4.78, 5) is 2.04. The van der Waals surface area contributed by atoms with Crippen molar-refractivity contribution in [2.75, 3.05) is 13.1 Å². The third kappa shape index (κ3) is 3.87. The molecule has 1 aromatic heterocycles. The molecule has 1 N–H and O–H groups in total. The number of amidine groups is 1. The van der Waals surface area contributed by atoms with Crippen molar-refractivity contribution in [3.8, 4) is 0 Å². The van der Waals surface area contributed by atoms with Gasteiger partial charge < -0.3 is 4.90 Å². The van der Waals surface area contributed by atoms with Gasteiger partial charge in [0.15, 0.2) is 0 Å². The molecule has 1 aromatic carbocycles. The first-order valence-corrected chi connectivity index (χ1v) is 9.44. The van der Waals surface area contributed by atoms with Crippen molar-refractivity contribution in [2.45, 2.75) is 46.1 Å². The van der Waals surface area contributed by atoms with Crippen LogP contribution in [0.25, 0.3) is 12.2 Å². The summed E-state index contributed by atoms with van der Waals surface area (Å²) in [5.74, 6) is 0.154. The lowest BCUT2D eigenvalue weighted by atomic mass is 10.1. The monoisotopic (exact) mass is 354 g/mol. The van der Waals surface area contributed by atoms with E-state index >= 15 is 0 Å². The van der Waals surface area contributed by atoms with Crippen LogP contribution in [-0.2, 0) is 6.54 Å². The molecule has 0 amide bonds. The van der Waals surface area contributed by atoms with E-state index in [1.807, 2.05) is 34.8 Å². The second-order valence-electron chi connectivity index (χ2n) is 6.75. The number of halogens is 1. The fourth-order valence-corrected chi connectivity index (χ4v) is 3.46. The Hall–Kier alpha value is -2.43. The van der Waals surface area contributed by atoms with Gasteiger partial charge in [-0.3, -0.25) is 10.1 Å². The van der Waals surface area contributed by atoms with Crippen LogP contribution in [-0.4, -0.2) is 33.6 Å². The van der Waals surface area contributed by atoms with Gasteiger partial charge in [0.1, 0.15) is 11.7 Å².